The Hall–Kier alpha value is -1.56. The smallest absolute Gasteiger partial charge is 0.0152 e. The molecular formula is C15H15. The number of aryl methyl sites for hydroxylation is 1. The molecular weight excluding hydrogens is 180 g/mol. The summed E-state index contributed by atoms with van der Waals surface area (Å²) in [4.78, 5) is 0. The summed E-state index contributed by atoms with van der Waals surface area (Å²) >= 11 is 0. The van der Waals surface area contributed by atoms with Gasteiger partial charge in [-0.05, 0) is 29.5 Å². The Labute approximate surface area is 91.6 Å². The van der Waals surface area contributed by atoms with Gasteiger partial charge in [0.1, 0.15) is 0 Å². The van der Waals surface area contributed by atoms with E-state index in [1.807, 2.05) is 6.07 Å². The Balaban J connectivity index is 2.43. The summed E-state index contributed by atoms with van der Waals surface area (Å²) in [7, 11) is 0. The van der Waals surface area contributed by atoms with Crippen molar-refractivity contribution in [1.29, 1.82) is 0 Å². The highest BCUT2D eigenvalue weighted by atomic mass is 14.1. The molecule has 0 saturated heterocycles. The average molecular weight is 195 g/mol. The van der Waals surface area contributed by atoms with Crippen LogP contribution in [0.3, 0.4) is 0 Å². The molecule has 0 aliphatic heterocycles. The fourth-order valence-corrected chi connectivity index (χ4v) is 1.83. The van der Waals surface area contributed by atoms with Crippen molar-refractivity contribution in [2.24, 2.45) is 0 Å². The largest absolute Gasteiger partial charge is 0.0622 e. The monoisotopic (exact) mass is 195 g/mol. The molecule has 0 heteroatoms. The topological polar surface area (TPSA) is 0 Å². The van der Waals surface area contributed by atoms with Gasteiger partial charge in [0.25, 0.3) is 0 Å². The van der Waals surface area contributed by atoms with Gasteiger partial charge in [0.15, 0.2) is 0 Å². The van der Waals surface area contributed by atoms with Gasteiger partial charge in [-0.25, -0.2) is 0 Å². The maximum atomic E-state index is 3.92. The first-order valence-electron chi connectivity index (χ1n) is 5.34. The minimum atomic E-state index is 0.948. The second-order valence-electron chi connectivity index (χ2n) is 3.63. The summed E-state index contributed by atoms with van der Waals surface area (Å²) in [5.41, 5.74) is 4.02. The highest BCUT2D eigenvalue weighted by Gasteiger charge is 2.02. The fourth-order valence-electron chi connectivity index (χ4n) is 1.83. The molecule has 0 amide bonds. The van der Waals surface area contributed by atoms with Gasteiger partial charge in [0.05, 0.1) is 0 Å². The SMILES string of the molecule is [CH2]CCc1ccccc1-c1ccccc1. The number of hydrogen-bond acceptors (Lipinski definition) is 0. The summed E-state index contributed by atoms with van der Waals surface area (Å²) in [6.07, 6.45) is 1.99. The summed E-state index contributed by atoms with van der Waals surface area (Å²) in [5, 5.41) is 0. The molecule has 75 valence electrons. The van der Waals surface area contributed by atoms with Crippen LogP contribution in [0.4, 0.5) is 0 Å². The molecule has 0 spiro atoms. The van der Waals surface area contributed by atoms with Gasteiger partial charge in [-0.15, -0.1) is 0 Å². The Kier molecular flexibility index (Phi) is 3.18. The van der Waals surface area contributed by atoms with Crippen LogP contribution in [0.1, 0.15) is 12.0 Å². The summed E-state index contributed by atoms with van der Waals surface area (Å²) < 4.78 is 0. The molecule has 0 fully saturated rings. The normalized spacial score (nSPS) is 10.2. The van der Waals surface area contributed by atoms with Crippen LogP contribution in [-0.2, 0) is 6.42 Å². The van der Waals surface area contributed by atoms with E-state index in [1.54, 1.807) is 0 Å². The van der Waals surface area contributed by atoms with Crippen molar-refractivity contribution >= 4 is 0 Å². The van der Waals surface area contributed by atoms with Crippen LogP contribution in [-0.4, -0.2) is 0 Å². The molecule has 0 nitrogen and oxygen atoms in total. The van der Waals surface area contributed by atoms with Crippen LogP contribution in [0, 0.1) is 6.92 Å². The molecule has 0 aromatic heterocycles. The third-order valence-corrected chi connectivity index (χ3v) is 2.55. The van der Waals surface area contributed by atoms with Crippen LogP contribution in [0.25, 0.3) is 11.1 Å². The molecule has 15 heavy (non-hydrogen) atoms. The second-order valence-corrected chi connectivity index (χ2v) is 3.63. The molecule has 0 aliphatic carbocycles. The zero-order chi connectivity index (χ0) is 10.5. The molecule has 2 rings (SSSR count). The summed E-state index contributed by atoms with van der Waals surface area (Å²) in [6.45, 7) is 3.92. The molecule has 0 bridgehead atoms. The van der Waals surface area contributed by atoms with E-state index in [0.29, 0.717) is 0 Å². The number of hydrogen-bond donors (Lipinski definition) is 0. The third-order valence-electron chi connectivity index (χ3n) is 2.55. The van der Waals surface area contributed by atoms with E-state index < -0.39 is 0 Å². The van der Waals surface area contributed by atoms with Gasteiger partial charge in [0.2, 0.25) is 0 Å². The first-order chi connectivity index (χ1) is 7.42. The predicted octanol–water partition coefficient (Wildman–Crippen LogP) is 4.12. The standard InChI is InChI=1S/C15H15/c1-2-8-13-11-6-7-12-15(13)14-9-4-3-5-10-14/h3-7,9-12H,1-2,8H2. The average Bonchev–Trinajstić information content (AvgIpc) is 2.31. The van der Waals surface area contributed by atoms with Crippen molar-refractivity contribution in [2.75, 3.05) is 0 Å². The van der Waals surface area contributed by atoms with E-state index in [0.717, 1.165) is 12.8 Å². The Bertz CT molecular complexity index is 415. The van der Waals surface area contributed by atoms with E-state index in [-0.39, 0.29) is 0 Å². The Morgan fingerprint density at radius 2 is 1.47 bits per heavy atom. The van der Waals surface area contributed by atoms with Crippen LogP contribution < -0.4 is 0 Å². The quantitative estimate of drug-likeness (QED) is 0.691. The maximum absolute atomic E-state index is 3.92. The maximum Gasteiger partial charge on any atom is -0.0152 e. The van der Waals surface area contributed by atoms with E-state index >= 15 is 0 Å². The molecule has 0 N–H and O–H groups in total. The third kappa shape index (κ3) is 2.27. The molecule has 0 unspecified atom stereocenters. The molecule has 0 saturated carbocycles. The second kappa shape index (κ2) is 4.79. The van der Waals surface area contributed by atoms with E-state index in [9.17, 15) is 0 Å². The van der Waals surface area contributed by atoms with Crippen molar-refractivity contribution in [3.63, 3.8) is 0 Å². The van der Waals surface area contributed by atoms with E-state index in [2.05, 4.69) is 55.5 Å². The van der Waals surface area contributed by atoms with Crippen molar-refractivity contribution in [2.45, 2.75) is 12.8 Å². The number of rotatable bonds is 3. The molecule has 0 heterocycles. The lowest BCUT2D eigenvalue weighted by molar-refractivity contribution is 1.00. The zero-order valence-electron chi connectivity index (χ0n) is 8.82. The lowest BCUT2D eigenvalue weighted by atomic mass is 9.97. The first-order valence-corrected chi connectivity index (χ1v) is 5.34. The van der Waals surface area contributed by atoms with Crippen LogP contribution in [0.2, 0.25) is 0 Å². The minimum absolute atomic E-state index is 0.948. The van der Waals surface area contributed by atoms with Crippen molar-refractivity contribution in [1.82, 2.24) is 0 Å². The van der Waals surface area contributed by atoms with E-state index in [4.69, 9.17) is 0 Å². The summed E-state index contributed by atoms with van der Waals surface area (Å²) in [5.74, 6) is 0. The Morgan fingerprint density at radius 1 is 0.800 bits per heavy atom. The van der Waals surface area contributed by atoms with Gasteiger partial charge < -0.3 is 0 Å². The lowest BCUT2D eigenvalue weighted by Crippen LogP contribution is -1.88. The lowest BCUT2D eigenvalue weighted by Gasteiger charge is -2.08. The molecule has 2 aromatic carbocycles. The van der Waals surface area contributed by atoms with Gasteiger partial charge in [0, 0.05) is 0 Å². The molecule has 2 aromatic rings. The van der Waals surface area contributed by atoms with Crippen LogP contribution >= 0.6 is 0 Å². The summed E-state index contributed by atoms with van der Waals surface area (Å²) in [6, 6.07) is 19.1. The molecule has 1 radical (unpaired) electrons. The van der Waals surface area contributed by atoms with E-state index in [1.165, 1.54) is 16.7 Å². The first kappa shape index (κ1) is 9.97. The Morgan fingerprint density at radius 3 is 2.20 bits per heavy atom. The fraction of sp³-hybridized carbons (Fsp3) is 0.133. The highest BCUT2D eigenvalue weighted by Crippen LogP contribution is 2.24. The van der Waals surface area contributed by atoms with Crippen molar-refractivity contribution < 1.29 is 0 Å². The molecule has 0 aliphatic rings. The van der Waals surface area contributed by atoms with Gasteiger partial charge >= 0.3 is 0 Å². The van der Waals surface area contributed by atoms with Crippen molar-refractivity contribution in [3.05, 3.63) is 67.1 Å². The predicted molar refractivity (Wildman–Crippen MR) is 65.6 cm³/mol. The van der Waals surface area contributed by atoms with Gasteiger partial charge in [-0.2, -0.15) is 0 Å². The van der Waals surface area contributed by atoms with Gasteiger partial charge in [-0.3, -0.25) is 0 Å². The molecule has 0 atom stereocenters. The minimum Gasteiger partial charge on any atom is -0.0622 e. The number of benzene rings is 2. The van der Waals surface area contributed by atoms with Gasteiger partial charge in [-0.1, -0.05) is 61.5 Å². The zero-order valence-corrected chi connectivity index (χ0v) is 8.82. The van der Waals surface area contributed by atoms with Crippen LogP contribution in [0.15, 0.2) is 54.6 Å². The van der Waals surface area contributed by atoms with Crippen molar-refractivity contribution in [3.8, 4) is 11.1 Å². The highest BCUT2D eigenvalue weighted by molar-refractivity contribution is 5.67. The van der Waals surface area contributed by atoms with Crippen LogP contribution in [0.5, 0.6) is 0 Å².